The molecular formula is C32H33N3O5. The first-order chi connectivity index (χ1) is 19.3. The molecule has 0 radical (unpaired) electrons. The van der Waals surface area contributed by atoms with Crippen LogP contribution in [0.15, 0.2) is 29.1 Å². The van der Waals surface area contributed by atoms with Gasteiger partial charge in [-0.2, -0.15) is 0 Å². The summed E-state index contributed by atoms with van der Waals surface area (Å²) in [4.78, 5) is 31.3. The first kappa shape index (κ1) is 24.3. The van der Waals surface area contributed by atoms with E-state index in [9.17, 15) is 14.7 Å². The van der Waals surface area contributed by atoms with Gasteiger partial charge in [-0.3, -0.25) is 4.79 Å². The third-order valence-electron chi connectivity index (χ3n) is 10.5. The molecule has 206 valence electrons. The Kier molecular flexibility index (Phi) is 5.01. The highest BCUT2D eigenvalue weighted by Crippen LogP contribution is 2.60. The largest absolute Gasteiger partial charge is 0.492 e. The summed E-state index contributed by atoms with van der Waals surface area (Å²) in [5.74, 6) is 2.45. The van der Waals surface area contributed by atoms with E-state index in [1.807, 2.05) is 18.2 Å². The number of nitrogens with one attached hydrogen (secondary N) is 1. The summed E-state index contributed by atoms with van der Waals surface area (Å²) in [6.45, 7) is 2.50. The highest BCUT2D eigenvalue weighted by Gasteiger charge is 2.51. The molecule has 4 heterocycles. The Hall–Kier alpha value is -3.52. The van der Waals surface area contributed by atoms with Gasteiger partial charge in [-0.15, -0.1) is 0 Å². The topological polar surface area (TPSA) is 115 Å². The van der Waals surface area contributed by atoms with E-state index in [1.165, 1.54) is 44.7 Å². The Morgan fingerprint density at radius 3 is 2.52 bits per heavy atom. The number of ether oxygens (including phenoxy) is 2. The molecule has 2 aromatic heterocycles. The maximum atomic E-state index is 13.7. The summed E-state index contributed by atoms with van der Waals surface area (Å²) in [6, 6.07) is 7.45. The van der Waals surface area contributed by atoms with Crippen molar-refractivity contribution in [3.8, 4) is 17.1 Å². The number of carbonyl (C=O) groups excluding carboxylic acids is 1. The van der Waals surface area contributed by atoms with Crippen LogP contribution in [0.3, 0.4) is 0 Å². The summed E-state index contributed by atoms with van der Waals surface area (Å²) in [6.07, 6.45) is 9.22. The molecule has 4 aliphatic carbocycles. The molecular weight excluding hydrogens is 506 g/mol. The van der Waals surface area contributed by atoms with Gasteiger partial charge in [0.15, 0.2) is 5.60 Å². The van der Waals surface area contributed by atoms with E-state index in [0.717, 1.165) is 45.5 Å². The Morgan fingerprint density at radius 2 is 1.85 bits per heavy atom. The number of aromatic nitrogens is 2. The lowest BCUT2D eigenvalue weighted by molar-refractivity contribution is -0.172. The number of aliphatic hydroxyl groups is 1. The smallest absolute Gasteiger partial charge is 0.343 e. The van der Waals surface area contributed by atoms with Crippen LogP contribution in [0, 0.1) is 28.6 Å². The molecule has 4 fully saturated rings. The van der Waals surface area contributed by atoms with Crippen molar-refractivity contribution in [3.05, 3.63) is 56.9 Å². The number of carbonyl (C=O) groups is 1. The number of nitrogens with zero attached hydrogens (tertiary/aromatic N) is 2. The Bertz CT molecular complexity index is 1650. The second-order valence-corrected chi connectivity index (χ2v) is 13.0. The van der Waals surface area contributed by atoms with Crippen molar-refractivity contribution in [2.75, 3.05) is 6.61 Å². The lowest BCUT2D eigenvalue weighted by Crippen LogP contribution is -2.48. The van der Waals surface area contributed by atoms with Crippen molar-refractivity contribution in [2.24, 2.45) is 23.2 Å². The van der Waals surface area contributed by atoms with Gasteiger partial charge in [0.05, 0.1) is 35.6 Å². The molecule has 4 saturated carbocycles. The minimum Gasteiger partial charge on any atom is -0.492 e. The first-order valence-electron chi connectivity index (χ1n) is 14.6. The molecule has 0 amide bonds. The maximum absolute atomic E-state index is 13.7. The van der Waals surface area contributed by atoms with Gasteiger partial charge in [-0.25, -0.2) is 9.78 Å². The van der Waals surface area contributed by atoms with Crippen LogP contribution in [-0.4, -0.2) is 33.4 Å². The molecule has 2 N–H and O–H groups in total. The second kappa shape index (κ2) is 8.26. The standard InChI is InChI=1S/C32H33N3O5/c1-2-32(38)24-9-26-27-22(14-35(26)29(36)23(24)15-39-30(32)37)28(21-8-17(13-33)3-4-25(21)34-27)40-16-31-10-18-5-19(11-31)7-20(6-18)12-31/h3-4,8-9,13,18-20,33,38H,2,5-7,10-12,14-16H2,1H3/t18?,19?,20?,31?,32-/m0/s1. The van der Waals surface area contributed by atoms with Crippen LogP contribution in [0.1, 0.15) is 74.1 Å². The molecule has 6 aliphatic rings. The molecule has 1 aromatic carbocycles. The molecule has 1 atom stereocenters. The molecule has 8 heteroatoms. The number of hydrogen-bond acceptors (Lipinski definition) is 7. The average molecular weight is 540 g/mol. The summed E-state index contributed by atoms with van der Waals surface area (Å²) in [5.41, 5.74) is 2.25. The third-order valence-corrected chi connectivity index (χ3v) is 10.5. The predicted octanol–water partition coefficient (Wildman–Crippen LogP) is 4.67. The molecule has 3 aromatic rings. The molecule has 0 unspecified atom stereocenters. The van der Waals surface area contributed by atoms with E-state index in [0.29, 0.717) is 35.7 Å². The molecule has 0 saturated heterocycles. The van der Waals surface area contributed by atoms with Crippen molar-refractivity contribution in [2.45, 2.75) is 70.6 Å². The fraction of sp³-hybridized carbons (Fsp3) is 0.500. The van der Waals surface area contributed by atoms with Gasteiger partial charge >= 0.3 is 5.97 Å². The van der Waals surface area contributed by atoms with Gasteiger partial charge in [0.2, 0.25) is 0 Å². The fourth-order valence-corrected chi connectivity index (χ4v) is 9.01. The van der Waals surface area contributed by atoms with E-state index >= 15 is 0 Å². The predicted molar refractivity (Wildman–Crippen MR) is 149 cm³/mol. The Morgan fingerprint density at radius 1 is 1.12 bits per heavy atom. The zero-order chi connectivity index (χ0) is 27.4. The van der Waals surface area contributed by atoms with Gasteiger partial charge in [0, 0.05) is 28.1 Å². The lowest BCUT2D eigenvalue weighted by atomic mass is 9.50. The van der Waals surface area contributed by atoms with Crippen molar-refractivity contribution in [3.63, 3.8) is 0 Å². The van der Waals surface area contributed by atoms with Crippen LogP contribution in [0.25, 0.3) is 22.3 Å². The quantitative estimate of drug-likeness (QED) is 0.281. The van der Waals surface area contributed by atoms with Gasteiger partial charge in [-0.1, -0.05) is 13.0 Å². The van der Waals surface area contributed by atoms with Crippen molar-refractivity contribution in [1.29, 1.82) is 5.41 Å². The van der Waals surface area contributed by atoms with Crippen molar-refractivity contribution < 1.29 is 19.4 Å². The zero-order valence-corrected chi connectivity index (χ0v) is 22.7. The van der Waals surface area contributed by atoms with E-state index in [-0.39, 0.29) is 24.0 Å². The van der Waals surface area contributed by atoms with E-state index in [2.05, 4.69) is 0 Å². The number of rotatable bonds is 5. The van der Waals surface area contributed by atoms with Gasteiger partial charge < -0.3 is 24.6 Å². The van der Waals surface area contributed by atoms with E-state index < -0.39 is 11.6 Å². The van der Waals surface area contributed by atoms with E-state index in [4.69, 9.17) is 19.9 Å². The maximum Gasteiger partial charge on any atom is 0.343 e. The summed E-state index contributed by atoms with van der Waals surface area (Å²) < 4.78 is 13.8. The van der Waals surface area contributed by atoms with Crippen molar-refractivity contribution >= 4 is 23.1 Å². The highest BCUT2D eigenvalue weighted by atomic mass is 16.6. The van der Waals surface area contributed by atoms with Crippen molar-refractivity contribution in [1.82, 2.24) is 9.55 Å². The molecule has 2 aliphatic heterocycles. The highest BCUT2D eigenvalue weighted by molar-refractivity contribution is 5.95. The monoisotopic (exact) mass is 539 g/mol. The van der Waals surface area contributed by atoms with Crippen LogP contribution >= 0.6 is 0 Å². The van der Waals surface area contributed by atoms with Crippen LogP contribution in [0.2, 0.25) is 0 Å². The van der Waals surface area contributed by atoms with Gasteiger partial charge in [0.1, 0.15) is 12.4 Å². The molecule has 0 spiro atoms. The minimum atomic E-state index is -1.86. The summed E-state index contributed by atoms with van der Waals surface area (Å²) in [5, 5.41) is 19.9. The number of benzene rings is 1. The number of hydrogen-bond donors (Lipinski definition) is 2. The second-order valence-electron chi connectivity index (χ2n) is 13.0. The van der Waals surface area contributed by atoms with Gasteiger partial charge in [-0.05, 0) is 86.5 Å². The SMILES string of the molecule is CC[C@@]1(O)C(=O)OCc2c1cc1n(c2=O)Cc2c-1nc1ccc(C=N)cc1c2OCC12CC3CC(CC(C3)C1)C2. The number of cyclic esters (lactones) is 1. The first-order valence-corrected chi connectivity index (χ1v) is 14.6. The summed E-state index contributed by atoms with van der Waals surface area (Å²) in [7, 11) is 0. The lowest BCUT2D eigenvalue weighted by Gasteiger charge is -2.56. The van der Waals surface area contributed by atoms with Crippen LogP contribution in [0.4, 0.5) is 0 Å². The normalized spacial score (nSPS) is 31.1. The fourth-order valence-electron chi connectivity index (χ4n) is 9.01. The molecule has 40 heavy (non-hydrogen) atoms. The van der Waals surface area contributed by atoms with Crippen LogP contribution in [0.5, 0.6) is 5.75 Å². The zero-order valence-electron chi connectivity index (χ0n) is 22.7. The molecule has 8 nitrogen and oxygen atoms in total. The number of fused-ring (bicyclic) bond motifs is 5. The van der Waals surface area contributed by atoms with Crippen LogP contribution < -0.4 is 10.3 Å². The average Bonchev–Trinajstić information content (AvgIpc) is 3.31. The third kappa shape index (κ3) is 3.28. The number of esters is 1. The van der Waals surface area contributed by atoms with E-state index in [1.54, 1.807) is 17.6 Å². The molecule has 9 rings (SSSR count). The van der Waals surface area contributed by atoms with Crippen LogP contribution in [-0.2, 0) is 28.3 Å². The Labute approximate surface area is 231 Å². The number of pyridine rings is 2. The molecule has 4 bridgehead atoms. The summed E-state index contributed by atoms with van der Waals surface area (Å²) >= 11 is 0. The minimum absolute atomic E-state index is 0.103. The Balaban J connectivity index is 1.27. The van der Waals surface area contributed by atoms with Gasteiger partial charge in [0.25, 0.3) is 5.56 Å².